The minimum absolute atomic E-state index is 0.0426. The maximum absolute atomic E-state index is 13.1. The normalized spacial score (nSPS) is 13.6. The summed E-state index contributed by atoms with van der Waals surface area (Å²) in [6.07, 6.45) is 0.707. The summed E-state index contributed by atoms with van der Waals surface area (Å²) < 4.78 is 11.4. The fourth-order valence-corrected chi connectivity index (χ4v) is 3.91. The van der Waals surface area contributed by atoms with E-state index < -0.39 is 0 Å². The first kappa shape index (κ1) is 16.9. The number of ketones is 1. The van der Waals surface area contributed by atoms with E-state index in [1.807, 2.05) is 31.2 Å². The number of allylic oxidation sites excluding steroid dienone is 1. The SMILES string of the molecule is CCc1ccc(Oc2ccccc2Cl)cc1C1=C(O)c2c(c3ccc2o3)C1=O. The van der Waals surface area contributed by atoms with E-state index in [2.05, 4.69) is 0 Å². The number of hydrogen-bond acceptors (Lipinski definition) is 4. The highest BCUT2D eigenvalue weighted by atomic mass is 35.5. The number of hydrogen-bond donors (Lipinski definition) is 1. The summed E-state index contributed by atoms with van der Waals surface area (Å²) in [5.74, 6) is 0.793. The van der Waals surface area contributed by atoms with Gasteiger partial charge >= 0.3 is 0 Å². The van der Waals surface area contributed by atoms with Gasteiger partial charge in [-0.1, -0.05) is 36.7 Å². The molecule has 138 valence electrons. The number of aliphatic hydroxyl groups is 1. The standard InChI is InChI=1S/C23H15ClO4/c1-2-12-7-8-13(27-16-6-4-3-5-15(16)24)11-14(12)19-22(25)20-17-9-10-18(28-17)21(20)23(19)26/h3-11,25H,2H2,1H3. The second kappa shape index (κ2) is 6.14. The lowest BCUT2D eigenvalue weighted by molar-refractivity contribution is 0.106. The number of carbonyl (C=O) groups excluding carboxylic acids is 1. The molecule has 5 rings (SSSR count). The van der Waals surface area contributed by atoms with Crippen LogP contribution in [0.4, 0.5) is 0 Å². The van der Waals surface area contributed by atoms with Crippen LogP contribution in [0, 0.1) is 0 Å². The van der Waals surface area contributed by atoms with Gasteiger partial charge in [-0.05, 0) is 53.9 Å². The molecule has 1 aliphatic rings. The molecule has 4 aromatic rings. The van der Waals surface area contributed by atoms with Gasteiger partial charge in [-0.15, -0.1) is 0 Å². The molecule has 0 aliphatic heterocycles. The minimum Gasteiger partial charge on any atom is -0.506 e. The first-order valence-electron chi connectivity index (χ1n) is 8.97. The van der Waals surface area contributed by atoms with Crippen LogP contribution in [0.3, 0.4) is 0 Å². The van der Waals surface area contributed by atoms with Gasteiger partial charge in [0, 0.05) is 0 Å². The largest absolute Gasteiger partial charge is 0.506 e. The Labute approximate surface area is 166 Å². The molecule has 2 heterocycles. The van der Waals surface area contributed by atoms with E-state index in [1.165, 1.54) is 0 Å². The van der Waals surface area contributed by atoms with Gasteiger partial charge in [-0.25, -0.2) is 0 Å². The molecular formula is C23H15ClO4. The predicted molar refractivity (Wildman–Crippen MR) is 109 cm³/mol. The van der Waals surface area contributed by atoms with E-state index in [1.54, 1.807) is 30.3 Å². The Morgan fingerprint density at radius 3 is 2.50 bits per heavy atom. The maximum Gasteiger partial charge on any atom is 0.202 e. The van der Waals surface area contributed by atoms with Crippen molar-refractivity contribution in [2.45, 2.75) is 13.3 Å². The second-order valence-corrected chi connectivity index (χ2v) is 7.08. The molecule has 0 atom stereocenters. The molecule has 2 aromatic carbocycles. The molecule has 28 heavy (non-hydrogen) atoms. The molecule has 1 N–H and O–H groups in total. The van der Waals surface area contributed by atoms with Gasteiger partial charge in [-0.2, -0.15) is 0 Å². The molecule has 5 heteroatoms. The second-order valence-electron chi connectivity index (χ2n) is 6.67. The number of fused-ring (bicyclic) bond motifs is 5. The summed E-state index contributed by atoms with van der Waals surface area (Å²) in [5.41, 5.74) is 3.82. The van der Waals surface area contributed by atoms with Crippen LogP contribution >= 0.6 is 11.6 Å². The number of para-hydroxylation sites is 1. The molecule has 0 saturated carbocycles. The van der Waals surface area contributed by atoms with E-state index in [9.17, 15) is 9.90 Å². The van der Waals surface area contributed by atoms with Crippen LogP contribution in [0.5, 0.6) is 11.5 Å². The monoisotopic (exact) mass is 390 g/mol. The predicted octanol–water partition coefficient (Wildman–Crippen LogP) is 6.50. The van der Waals surface area contributed by atoms with Crippen LogP contribution in [-0.2, 0) is 6.42 Å². The Morgan fingerprint density at radius 2 is 1.79 bits per heavy atom. The van der Waals surface area contributed by atoms with Gasteiger partial charge in [0.15, 0.2) is 0 Å². The zero-order valence-electron chi connectivity index (χ0n) is 15.0. The number of aryl methyl sites for hydroxylation is 1. The van der Waals surface area contributed by atoms with Crippen molar-refractivity contribution in [2.24, 2.45) is 0 Å². The summed E-state index contributed by atoms with van der Waals surface area (Å²) >= 11 is 6.19. The number of carbonyl (C=O) groups is 1. The summed E-state index contributed by atoms with van der Waals surface area (Å²) in [6.45, 7) is 2.00. The highest BCUT2D eigenvalue weighted by molar-refractivity contribution is 6.42. The lowest BCUT2D eigenvalue weighted by Crippen LogP contribution is -2.02. The van der Waals surface area contributed by atoms with Crippen LogP contribution in [0.1, 0.15) is 34.0 Å². The van der Waals surface area contributed by atoms with Crippen molar-refractivity contribution in [2.75, 3.05) is 0 Å². The third kappa shape index (κ3) is 2.35. The third-order valence-electron chi connectivity index (χ3n) is 5.07. The fourth-order valence-electron chi connectivity index (χ4n) is 3.74. The zero-order chi connectivity index (χ0) is 19.4. The van der Waals surface area contributed by atoms with Crippen molar-refractivity contribution in [1.82, 2.24) is 0 Å². The van der Waals surface area contributed by atoms with Crippen LogP contribution in [0.15, 0.2) is 59.0 Å². The van der Waals surface area contributed by atoms with Gasteiger partial charge < -0.3 is 14.3 Å². The zero-order valence-corrected chi connectivity index (χ0v) is 15.7. The summed E-state index contributed by atoms with van der Waals surface area (Å²) in [5, 5.41) is 11.3. The molecule has 2 aromatic heterocycles. The summed E-state index contributed by atoms with van der Waals surface area (Å²) in [7, 11) is 0. The number of halogens is 1. The fraction of sp³-hybridized carbons (Fsp3) is 0.0870. The van der Waals surface area contributed by atoms with Crippen molar-refractivity contribution >= 4 is 39.9 Å². The minimum atomic E-state index is -0.230. The van der Waals surface area contributed by atoms with Gasteiger partial charge in [-0.3, -0.25) is 4.79 Å². The Morgan fingerprint density at radius 1 is 1.04 bits per heavy atom. The highest BCUT2D eigenvalue weighted by Gasteiger charge is 2.37. The number of benzene rings is 3. The molecule has 0 spiro atoms. The first-order chi connectivity index (χ1) is 13.6. The van der Waals surface area contributed by atoms with Crippen molar-refractivity contribution < 1.29 is 19.1 Å². The molecule has 0 saturated heterocycles. The Balaban J connectivity index is 1.63. The van der Waals surface area contributed by atoms with Gasteiger partial charge in [0.05, 0.1) is 21.7 Å². The lowest BCUT2D eigenvalue weighted by Gasteiger charge is -2.13. The Bertz CT molecular complexity index is 1260. The highest BCUT2D eigenvalue weighted by Crippen LogP contribution is 2.45. The number of rotatable bonds is 4. The molecule has 0 radical (unpaired) electrons. The Kier molecular flexibility index (Phi) is 3.71. The van der Waals surface area contributed by atoms with E-state index in [4.69, 9.17) is 20.8 Å². The third-order valence-corrected chi connectivity index (χ3v) is 5.38. The van der Waals surface area contributed by atoms with Gasteiger partial charge in [0.1, 0.15) is 28.4 Å². The smallest absolute Gasteiger partial charge is 0.202 e. The molecular weight excluding hydrogens is 376 g/mol. The van der Waals surface area contributed by atoms with Crippen molar-refractivity contribution in [3.05, 3.63) is 81.9 Å². The van der Waals surface area contributed by atoms with Crippen LogP contribution < -0.4 is 4.74 Å². The van der Waals surface area contributed by atoms with Gasteiger partial charge in [0.25, 0.3) is 0 Å². The molecule has 0 amide bonds. The number of Topliss-reactive ketones (excluding diaryl/α,β-unsaturated/α-hetero) is 1. The Hall–Kier alpha value is -3.24. The number of aliphatic hydroxyl groups excluding tert-OH is 1. The molecule has 4 nitrogen and oxygen atoms in total. The number of furan rings is 2. The lowest BCUT2D eigenvalue weighted by atomic mass is 9.95. The number of ether oxygens (including phenoxy) is 1. The molecule has 1 aliphatic carbocycles. The van der Waals surface area contributed by atoms with Crippen molar-refractivity contribution in [1.29, 1.82) is 0 Å². The molecule has 0 unspecified atom stereocenters. The summed E-state index contributed by atoms with van der Waals surface area (Å²) in [6, 6.07) is 16.2. The first-order valence-corrected chi connectivity index (χ1v) is 9.35. The van der Waals surface area contributed by atoms with E-state index in [0.29, 0.717) is 50.8 Å². The summed E-state index contributed by atoms with van der Waals surface area (Å²) in [4.78, 5) is 13.1. The van der Waals surface area contributed by atoms with Crippen LogP contribution in [0.2, 0.25) is 5.02 Å². The van der Waals surface area contributed by atoms with E-state index in [0.717, 1.165) is 5.56 Å². The molecule has 0 fully saturated rings. The van der Waals surface area contributed by atoms with Crippen LogP contribution in [-0.4, -0.2) is 10.9 Å². The average Bonchev–Trinajstić information content (AvgIpc) is 3.37. The topological polar surface area (TPSA) is 59.7 Å². The average molecular weight is 391 g/mol. The molecule has 2 bridgehead atoms. The van der Waals surface area contributed by atoms with E-state index >= 15 is 0 Å². The van der Waals surface area contributed by atoms with E-state index in [-0.39, 0.29) is 17.1 Å². The van der Waals surface area contributed by atoms with Gasteiger partial charge in [0.2, 0.25) is 5.78 Å². The van der Waals surface area contributed by atoms with Crippen molar-refractivity contribution in [3.63, 3.8) is 0 Å². The maximum atomic E-state index is 13.1. The van der Waals surface area contributed by atoms with Crippen LogP contribution in [0.25, 0.3) is 22.5 Å². The van der Waals surface area contributed by atoms with Crippen molar-refractivity contribution in [3.8, 4) is 11.5 Å². The quantitative estimate of drug-likeness (QED) is 0.432.